The van der Waals surface area contributed by atoms with Gasteiger partial charge in [-0.3, -0.25) is 10.2 Å². The minimum absolute atomic E-state index is 0.174. The van der Waals surface area contributed by atoms with E-state index in [0.29, 0.717) is 25.6 Å². The molecule has 0 atom stereocenters. The summed E-state index contributed by atoms with van der Waals surface area (Å²) in [6.45, 7) is 15.0. The zero-order valence-corrected chi connectivity index (χ0v) is 31.0. The van der Waals surface area contributed by atoms with Crippen molar-refractivity contribution >= 4 is 17.5 Å². The fraction of sp³-hybridized carbons (Fsp3) is 0.415. The third-order valence-electron chi connectivity index (χ3n) is 9.87. The number of aromatic nitrogens is 5. The largest absolute Gasteiger partial charge is 0.493 e. The van der Waals surface area contributed by atoms with Crippen LogP contribution in [0.1, 0.15) is 75.2 Å². The standard InChI is InChI=1S/C41H50N8O3/c1-6-7-24-51-34-14-9-8-11-32(34)39-45-44-38-27-47(21-22-48(38)39)23-25-52-35-20-19-33(30-12-10-13-31(30)35)42-40(50)43-37-26-36(41(3,4)5)46-49(37)29-17-15-28(2)16-18-29/h8-9,11,14-20,26H,6-7,10,12-13,21-25,27H2,1-5H3,(H2,42,43,50). The topological polar surface area (TPSA) is 111 Å². The van der Waals surface area contributed by atoms with Crippen LogP contribution in [0.2, 0.25) is 0 Å². The maximum Gasteiger partial charge on any atom is 0.324 e. The van der Waals surface area contributed by atoms with Crippen molar-refractivity contribution in [2.45, 2.75) is 85.2 Å². The molecule has 0 fully saturated rings. The first-order valence-electron chi connectivity index (χ1n) is 18.6. The first-order valence-corrected chi connectivity index (χ1v) is 18.6. The normalized spacial score (nSPS) is 14.2. The van der Waals surface area contributed by atoms with Gasteiger partial charge in [0, 0.05) is 36.8 Å². The second-order valence-corrected chi connectivity index (χ2v) is 14.8. The highest BCUT2D eigenvalue weighted by Gasteiger charge is 2.26. The number of amides is 2. The lowest BCUT2D eigenvalue weighted by Gasteiger charge is -2.28. The third kappa shape index (κ3) is 7.69. The average Bonchev–Trinajstić information content (AvgIpc) is 3.89. The summed E-state index contributed by atoms with van der Waals surface area (Å²) in [6.07, 6.45) is 4.96. The van der Waals surface area contributed by atoms with Crippen LogP contribution in [0, 0.1) is 6.92 Å². The van der Waals surface area contributed by atoms with Crippen molar-refractivity contribution < 1.29 is 14.3 Å². The van der Waals surface area contributed by atoms with Crippen molar-refractivity contribution in [1.82, 2.24) is 29.4 Å². The molecule has 3 aromatic carbocycles. The Bertz CT molecular complexity index is 2020. The summed E-state index contributed by atoms with van der Waals surface area (Å²) < 4.78 is 16.5. The Morgan fingerprint density at radius 3 is 2.48 bits per heavy atom. The lowest BCUT2D eigenvalue weighted by Crippen LogP contribution is -2.36. The second kappa shape index (κ2) is 15.2. The van der Waals surface area contributed by atoms with E-state index in [9.17, 15) is 4.79 Å². The average molecular weight is 703 g/mol. The van der Waals surface area contributed by atoms with Crippen molar-refractivity contribution in [2.24, 2.45) is 0 Å². The van der Waals surface area contributed by atoms with E-state index >= 15 is 0 Å². The predicted octanol–water partition coefficient (Wildman–Crippen LogP) is 7.94. The number of aryl methyl sites for hydroxylation is 1. The van der Waals surface area contributed by atoms with Crippen LogP contribution in [0.3, 0.4) is 0 Å². The van der Waals surface area contributed by atoms with E-state index in [1.54, 1.807) is 4.68 Å². The van der Waals surface area contributed by atoms with Crippen molar-refractivity contribution in [3.05, 3.63) is 94.9 Å². The highest BCUT2D eigenvalue weighted by Crippen LogP contribution is 2.37. The molecule has 0 saturated heterocycles. The molecule has 3 heterocycles. The van der Waals surface area contributed by atoms with Crippen LogP contribution in [-0.2, 0) is 31.3 Å². The highest BCUT2D eigenvalue weighted by molar-refractivity contribution is 6.00. The van der Waals surface area contributed by atoms with Crippen LogP contribution in [0.5, 0.6) is 11.5 Å². The number of carbonyl (C=O) groups excluding carboxylic acids is 1. The second-order valence-electron chi connectivity index (χ2n) is 14.8. The summed E-state index contributed by atoms with van der Waals surface area (Å²) in [6, 6.07) is 21.8. The van der Waals surface area contributed by atoms with Gasteiger partial charge in [-0.1, -0.05) is 63.9 Å². The SMILES string of the molecule is CCCCOc1ccccc1-c1nnc2n1CCN(CCOc1ccc(NC(=O)Nc3cc(C(C)(C)C)nn3-c3ccc(C)cc3)c3c1CCC3)C2. The van der Waals surface area contributed by atoms with Gasteiger partial charge in [-0.25, -0.2) is 9.48 Å². The molecule has 0 spiro atoms. The molecule has 11 nitrogen and oxygen atoms in total. The molecule has 0 unspecified atom stereocenters. The number of rotatable bonds is 12. The fourth-order valence-corrected chi connectivity index (χ4v) is 6.90. The van der Waals surface area contributed by atoms with Crippen molar-refractivity contribution in [2.75, 3.05) is 36.9 Å². The minimum Gasteiger partial charge on any atom is -0.493 e. The Hall–Kier alpha value is -5.16. The van der Waals surface area contributed by atoms with Gasteiger partial charge >= 0.3 is 6.03 Å². The van der Waals surface area contributed by atoms with Crippen LogP contribution in [0.25, 0.3) is 17.1 Å². The first-order chi connectivity index (χ1) is 25.2. The van der Waals surface area contributed by atoms with Crippen LogP contribution < -0.4 is 20.1 Å². The first kappa shape index (κ1) is 35.3. The number of unbranched alkanes of at least 4 members (excludes halogenated alkanes) is 1. The number of anilines is 2. The van der Waals surface area contributed by atoms with Gasteiger partial charge in [-0.15, -0.1) is 10.2 Å². The Balaban J connectivity index is 0.974. The van der Waals surface area contributed by atoms with Crippen LogP contribution >= 0.6 is 0 Å². The third-order valence-corrected chi connectivity index (χ3v) is 9.87. The van der Waals surface area contributed by atoms with Gasteiger partial charge in [-0.05, 0) is 80.1 Å². The number of hydrogen-bond donors (Lipinski definition) is 2. The Morgan fingerprint density at radius 2 is 1.67 bits per heavy atom. The monoisotopic (exact) mass is 702 g/mol. The van der Waals surface area contributed by atoms with Gasteiger partial charge < -0.3 is 19.4 Å². The van der Waals surface area contributed by atoms with Gasteiger partial charge in [0.25, 0.3) is 0 Å². The van der Waals surface area contributed by atoms with Gasteiger partial charge in [0.05, 0.1) is 30.1 Å². The molecule has 2 amide bonds. The van der Waals surface area contributed by atoms with Crippen molar-refractivity contribution in [1.29, 1.82) is 0 Å². The van der Waals surface area contributed by atoms with E-state index in [1.807, 2.05) is 60.7 Å². The molecule has 1 aliphatic heterocycles. The van der Waals surface area contributed by atoms with Crippen LogP contribution in [0.4, 0.5) is 16.3 Å². The zero-order valence-electron chi connectivity index (χ0n) is 31.0. The predicted molar refractivity (Wildman–Crippen MR) is 205 cm³/mol. The number of nitrogens with zero attached hydrogens (tertiary/aromatic N) is 6. The molecule has 1 aliphatic carbocycles. The molecule has 2 aliphatic rings. The Labute approximate surface area is 306 Å². The van der Waals surface area contributed by atoms with E-state index in [4.69, 9.17) is 14.6 Å². The van der Waals surface area contributed by atoms with E-state index in [0.717, 1.165) is 109 Å². The van der Waals surface area contributed by atoms with Crippen molar-refractivity contribution in [3.8, 4) is 28.6 Å². The van der Waals surface area contributed by atoms with Crippen LogP contribution in [0.15, 0.2) is 66.7 Å². The summed E-state index contributed by atoms with van der Waals surface area (Å²) in [7, 11) is 0. The molecule has 7 rings (SSSR count). The maximum atomic E-state index is 13.4. The number of hydrogen-bond acceptors (Lipinski definition) is 7. The van der Waals surface area contributed by atoms with E-state index < -0.39 is 0 Å². The Kier molecular flexibility index (Phi) is 10.3. The zero-order chi connectivity index (χ0) is 36.2. The lowest BCUT2D eigenvalue weighted by atomic mass is 9.92. The van der Waals surface area contributed by atoms with Gasteiger partial charge in [0.15, 0.2) is 5.82 Å². The van der Waals surface area contributed by atoms with Crippen molar-refractivity contribution in [3.63, 3.8) is 0 Å². The lowest BCUT2D eigenvalue weighted by molar-refractivity contribution is 0.174. The molecule has 0 bridgehead atoms. The minimum atomic E-state index is -0.301. The highest BCUT2D eigenvalue weighted by atomic mass is 16.5. The summed E-state index contributed by atoms with van der Waals surface area (Å²) in [5.74, 6) is 4.19. The molecular formula is C41H50N8O3. The molecule has 2 aromatic heterocycles. The smallest absolute Gasteiger partial charge is 0.324 e. The molecular weight excluding hydrogens is 653 g/mol. The quantitative estimate of drug-likeness (QED) is 0.127. The summed E-state index contributed by atoms with van der Waals surface area (Å²) in [5.41, 5.74) is 6.91. The van der Waals surface area contributed by atoms with E-state index in [2.05, 4.69) is 71.0 Å². The van der Waals surface area contributed by atoms with Gasteiger partial charge in [-0.2, -0.15) is 5.10 Å². The Morgan fingerprint density at radius 1 is 0.885 bits per heavy atom. The van der Waals surface area contributed by atoms with E-state index in [1.165, 1.54) is 5.56 Å². The molecule has 0 saturated carbocycles. The maximum absolute atomic E-state index is 13.4. The summed E-state index contributed by atoms with van der Waals surface area (Å²) >= 11 is 0. The molecule has 2 N–H and O–H groups in total. The number of benzene rings is 3. The number of para-hydroxylation sites is 1. The van der Waals surface area contributed by atoms with Gasteiger partial charge in [0.2, 0.25) is 0 Å². The number of urea groups is 1. The van der Waals surface area contributed by atoms with Gasteiger partial charge in [0.1, 0.15) is 29.7 Å². The van der Waals surface area contributed by atoms with Crippen LogP contribution in [-0.4, -0.2) is 61.8 Å². The number of carbonyl (C=O) groups is 1. The summed E-state index contributed by atoms with van der Waals surface area (Å²) in [4.78, 5) is 15.8. The number of fused-ring (bicyclic) bond motifs is 2. The molecule has 272 valence electrons. The number of ether oxygens (including phenoxy) is 2. The summed E-state index contributed by atoms with van der Waals surface area (Å²) in [5, 5.41) is 20.2. The molecule has 52 heavy (non-hydrogen) atoms. The molecule has 11 heteroatoms. The van der Waals surface area contributed by atoms with E-state index in [-0.39, 0.29) is 11.4 Å². The number of nitrogens with one attached hydrogen (secondary N) is 2. The fourth-order valence-electron chi connectivity index (χ4n) is 6.90. The molecule has 5 aromatic rings. The molecule has 0 radical (unpaired) electrons.